The van der Waals surface area contributed by atoms with E-state index in [-0.39, 0.29) is 6.92 Å². The Labute approximate surface area is 94.9 Å². The molecule has 0 rings (SSSR count). The van der Waals surface area contributed by atoms with E-state index in [9.17, 15) is 43.9 Å². The second-order valence-corrected chi connectivity index (χ2v) is 3.72. The first kappa shape index (κ1) is 17.3. The van der Waals surface area contributed by atoms with Gasteiger partial charge in [-0.05, 0) is 0 Å². The van der Waals surface area contributed by atoms with E-state index in [1.807, 2.05) is 0 Å². The monoisotopic (exact) mass is 294 g/mol. The van der Waals surface area contributed by atoms with Crippen molar-refractivity contribution in [3.05, 3.63) is 0 Å². The van der Waals surface area contributed by atoms with Crippen molar-refractivity contribution < 1.29 is 43.9 Å². The fraction of sp³-hybridized carbons (Fsp3) is 1.00. The number of hydrogen-bond donors (Lipinski definition) is 0. The smallest absolute Gasteiger partial charge is 0.203 e. The molecule has 0 aliphatic heterocycles. The summed E-state index contributed by atoms with van der Waals surface area (Å²) in [7, 11) is 0. The van der Waals surface area contributed by atoms with Crippen molar-refractivity contribution in [3.63, 3.8) is 0 Å². The molecule has 0 saturated carbocycles. The SMILES string of the molecule is CC(F)(F)C(F)(F)CCC(F)(F)C(F)(F)C(F)F. The van der Waals surface area contributed by atoms with E-state index in [2.05, 4.69) is 0 Å². The van der Waals surface area contributed by atoms with Crippen molar-refractivity contribution in [2.75, 3.05) is 0 Å². The molecule has 0 aromatic heterocycles. The summed E-state index contributed by atoms with van der Waals surface area (Å²) in [5, 5.41) is 0. The molecule has 0 aliphatic rings. The molecule has 0 nitrogen and oxygen atoms in total. The van der Waals surface area contributed by atoms with Gasteiger partial charge in [-0.25, -0.2) is 17.6 Å². The summed E-state index contributed by atoms with van der Waals surface area (Å²) in [5.41, 5.74) is 0. The maximum absolute atomic E-state index is 12.6. The van der Waals surface area contributed by atoms with Crippen molar-refractivity contribution in [2.45, 2.75) is 49.9 Å². The lowest BCUT2D eigenvalue weighted by molar-refractivity contribution is -0.276. The third-order valence-electron chi connectivity index (χ3n) is 2.16. The fourth-order valence-electron chi connectivity index (χ4n) is 0.860. The van der Waals surface area contributed by atoms with E-state index in [0.717, 1.165) is 0 Å². The molecule has 0 atom stereocenters. The van der Waals surface area contributed by atoms with E-state index in [4.69, 9.17) is 0 Å². The van der Waals surface area contributed by atoms with Crippen LogP contribution >= 0.6 is 0 Å². The lowest BCUT2D eigenvalue weighted by Gasteiger charge is -2.29. The van der Waals surface area contributed by atoms with Gasteiger partial charge in [0, 0.05) is 19.8 Å². The molecular weight excluding hydrogens is 286 g/mol. The highest BCUT2D eigenvalue weighted by Gasteiger charge is 2.64. The highest BCUT2D eigenvalue weighted by Crippen LogP contribution is 2.46. The predicted molar refractivity (Wildman–Crippen MR) is 40.7 cm³/mol. The summed E-state index contributed by atoms with van der Waals surface area (Å²) in [5.74, 6) is -21.1. The zero-order valence-corrected chi connectivity index (χ0v) is 8.77. The molecule has 0 N–H and O–H groups in total. The lowest BCUT2D eigenvalue weighted by Crippen LogP contribution is -2.48. The topological polar surface area (TPSA) is 0 Å². The van der Waals surface area contributed by atoms with Crippen LogP contribution < -0.4 is 0 Å². The van der Waals surface area contributed by atoms with E-state index < -0.39 is 43.0 Å². The highest BCUT2D eigenvalue weighted by molar-refractivity contribution is 4.90. The number of rotatable bonds is 6. The highest BCUT2D eigenvalue weighted by atomic mass is 19.3. The molecule has 0 saturated heterocycles. The van der Waals surface area contributed by atoms with Gasteiger partial charge in [-0.2, -0.15) is 26.3 Å². The molecule has 0 bridgehead atoms. The van der Waals surface area contributed by atoms with Crippen LogP contribution in [0.15, 0.2) is 0 Å². The number of alkyl halides is 10. The second kappa shape index (κ2) is 4.76. The molecule has 0 aromatic rings. The quantitative estimate of drug-likeness (QED) is 0.628. The molecule has 0 amide bonds. The molecule has 10 heteroatoms. The first-order valence-electron chi connectivity index (χ1n) is 4.44. The summed E-state index contributed by atoms with van der Waals surface area (Å²) in [6.45, 7) is -0.295. The molecule has 0 aliphatic carbocycles. The Bertz CT molecular complexity index is 276. The van der Waals surface area contributed by atoms with E-state index >= 15 is 0 Å². The second-order valence-electron chi connectivity index (χ2n) is 3.72. The van der Waals surface area contributed by atoms with Crippen LogP contribution in [0.1, 0.15) is 19.8 Å². The van der Waals surface area contributed by atoms with Gasteiger partial charge in [0.25, 0.3) is 0 Å². The van der Waals surface area contributed by atoms with Gasteiger partial charge in [-0.15, -0.1) is 0 Å². The maximum atomic E-state index is 12.6. The van der Waals surface area contributed by atoms with Gasteiger partial charge in [0.05, 0.1) is 0 Å². The van der Waals surface area contributed by atoms with Crippen LogP contribution in [0.5, 0.6) is 0 Å². The average Bonchev–Trinajstić information content (AvgIpc) is 2.12. The van der Waals surface area contributed by atoms with Crippen molar-refractivity contribution >= 4 is 0 Å². The predicted octanol–water partition coefficient (Wildman–Crippen LogP) is 4.59. The zero-order valence-electron chi connectivity index (χ0n) is 8.77. The van der Waals surface area contributed by atoms with Crippen molar-refractivity contribution in [3.8, 4) is 0 Å². The van der Waals surface area contributed by atoms with Gasteiger partial charge in [0.15, 0.2) is 0 Å². The van der Waals surface area contributed by atoms with Crippen molar-refractivity contribution in [1.82, 2.24) is 0 Å². The Morgan fingerprint density at radius 2 is 1.06 bits per heavy atom. The summed E-state index contributed by atoms with van der Waals surface area (Å²) in [6, 6.07) is 0. The van der Waals surface area contributed by atoms with Gasteiger partial charge < -0.3 is 0 Å². The van der Waals surface area contributed by atoms with E-state index in [1.165, 1.54) is 0 Å². The molecule has 0 fully saturated rings. The van der Waals surface area contributed by atoms with E-state index in [0.29, 0.717) is 0 Å². The summed E-state index contributed by atoms with van der Waals surface area (Å²) < 4.78 is 122. The molecule has 0 unspecified atom stereocenters. The summed E-state index contributed by atoms with van der Waals surface area (Å²) >= 11 is 0. The minimum Gasteiger partial charge on any atom is -0.203 e. The number of halogens is 10. The molecule has 110 valence electrons. The van der Waals surface area contributed by atoms with Crippen LogP contribution in [0, 0.1) is 0 Å². The Balaban J connectivity index is 4.83. The lowest BCUT2D eigenvalue weighted by atomic mass is 10.0. The largest absolute Gasteiger partial charge is 0.369 e. The van der Waals surface area contributed by atoms with Crippen LogP contribution in [0.2, 0.25) is 0 Å². The van der Waals surface area contributed by atoms with Crippen molar-refractivity contribution in [2.24, 2.45) is 0 Å². The minimum atomic E-state index is -5.86. The van der Waals surface area contributed by atoms with Crippen LogP contribution in [0.25, 0.3) is 0 Å². The first-order valence-corrected chi connectivity index (χ1v) is 4.44. The van der Waals surface area contributed by atoms with Gasteiger partial charge in [0.2, 0.25) is 0 Å². The van der Waals surface area contributed by atoms with Gasteiger partial charge in [-0.1, -0.05) is 0 Å². The zero-order chi connectivity index (χ0) is 15.0. The third kappa shape index (κ3) is 3.41. The average molecular weight is 294 g/mol. The van der Waals surface area contributed by atoms with Crippen molar-refractivity contribution in [1.29, 1.82) is 0 Å². The molecule has 0 heterocycles. The molecule has 0 spiro atoms. The molecule has 18 heavy (non-hydrogen) atoms. The van der Waals surface area contributed by atoms with E-state index in [1.54, 1.807) is 0 Å². The standard InChI is InChI=1S/C8H8F10/c1-5(11,12)6(13,14)2-3-7(15,16)8(17,18)4(9)10/h4H,2-3H2,1H3. The Kier molecular flexibility index (Phi) is 4.58. The Morgan fingerprint density at radius 3 is 1.33 bits per heavy atom. The Morgan fingerprint density at radius 1 is 0.722 bits per heavy atom. The van der Waals surface area contributed by atoms with Crippen LogP contribution in [-0.4, -0.2) is 30.1 Å². The van der Waals surface area contributed by atoms with Crippen LogP contribution in [-0.2, 0) is 0 Å². The fourth-order valence-corrected chi connectivity index (χ4v) is 0.860. The van der Waals surface area contributed by atoms with Gasteiger partial charge in [0.1, 0.15) is 0 Å². The van der Waals surface area contributed by atoms with Crippen LogP contribution in [0.3, 0.4) is 0 Å². The first-order chi connectivity index (χ1) is 7.65. The number of hydrogen-bond acceptors (Lipinski definition) is 0. The molecule has 0 aromatic carbocycles. The van der Waals surface area contributed by atoms with Crippen LogP contribution in [0.4, 0.5) is 43.9 Å². The maximum Gasteiger partial charge on any atom is 0.369 e. The minimum absolute atomic E-state index is 0.295. The Hall–Kier alpha value is -0.700. The summed E-state index contributed by atoms with van der Waals surface area (Å²) in [6.07, 6.45) is -9.62. The molecule has 0 radical (unpaired) electrons. The molecular formula is C8H8F10. The normalized spacial score (nSPS) is 15.3. The van der Waals surface area contributed by atoms with Gasteiger partial charge in [-0.3, -0.25) is 0 Å². The van der Waals surface area contributed by atoms with Gasteiger partial charge >= 0.3 is 30.1 Å². The summed E-state index contributed by atoms with van der Waals surface area (Å²) in [4.78, 5) is 0. The third-order valence-corrected chi connectivity index (χ3v) is 2.16.